The van der Waals surface area contributed by atoms with Gasteiger partial charge in [-0.2, -0.15) is 0 Å². The van der Waals surface area contributed by atoms with Crippen LogP contribution in [0.2, 0.25) is 0 Å². The van der Waals surface area contributed by atoms with E-state index in [-0.39, 0.29) is 17.9 Å². The summed E-state index contributed by atoms with van der Waals surface area (Å²) < 4.78 is 11.1. The first-order chi connectivity index (χ1) is 17.0. The summed E-state index contributed by atoms with van der Waals surface area (Å²) >= 11 is 0. The molecule has 1 amide bonds. The number of pyridine rings is 1. The first-order valence-corrected chi connectivity index (χ1v) is 11.3. The maximum atomic E-state index is 13.2. The molecule has 1 atom stereocenters. The highest BCUT2D eigenvalue weighted by atomic mass is 16.5. The molecule has 1 unspecified atom stereocenters. The van der Waals surface area contributed by atoms with Gasteiger partial charge in [0, 0.05) is 24.5 Å². The minimum atomic E-state index is -0.811. The summed E-state index contributed by atoms with van der Waals surface area (Å²) in [5.74, 6) is -0.478. The van der Waals surface area contributed by atoms with E-state index >= 15 is 0 Å². The minimum absolute atomic E-state index is 0.0175. The smallest absolute Gasteiger partial charge is 0.295 e. The summed E-state index contributed by atoms with van der Waals surface area (Å²) in [5.41, 5.74) is 1.84. The van der Waals surface area contributed by atoms with Crippen molar-refractivity contribution in [2.24, 2.45) is 0 Å². The van der Waals surface area contributed by atoms with Gasteiger partial charge >= 0.3 is 0 Å². The summed E-state index contributed by atoms with van der Waals surface area (Å²) in [4.78, 5) is 32.0. The first-order valence-electron chi connectivity index (χ1n) is 11.3. The molecule has 0 aliphatic carbocycles. The topological polar surface area (TPSA) is 89.0 Å². The fourth-order valence-corrected chi connectivity index (χ4v) is 4.04. The molecule has 1 saturated heterocycles. The van der Waals surface area contributed by atoms with Crippen LogP contribution < -0.4 is 9.47 Å². The lowest BCUT2D eigenvalue weighted by Gasteiger charge is -2.25. The molecular weight excluding hydrogens is 444 g/mol. The lowest BCUT2D eigenvalue weighted by atomic mass is 9.95. The van der Waals surface area contributed by atoms with Gasteiger partial charge in [-0.3, -0.25) is 14.6 Å². The lowest BCUT2D eigenvalue weighted by Crippen LogP contribution is -2.29. The number of carbonyl (C=O) groups excluding carboxylic acids is 2. The zero-order valence-electron chi connectivity index (χ0n) is 19.4. The number of aliphatic hydroxyl groups excluding tert-OH is 1. The van der Waals surface area contributed by atoms with Crippen LogP contribution in [0.3, 0.4) is 0 Å². The number of amides is 1. The van der Waals surface area contributed by atoms with E-state index in [1.807, 2.05) is 13.0 Å². The normalized spacial score (nSPS) is 16.8. The largest absolute Gasteiger partial charge is 0.507 e. The van der Waals surface area contributed by atoms with Crippen molar-refractivity contribution in [1.82, 2.24) is 9.88 Å². The van der Waals surface area contributed by atoms with E-state index in [0.29, 0.717) is 35.8 Å². The molecule has 3 aromatic rings. The van der Waals surface area contributed by atoms with E-state index in [1.165, 1.54) is 4.90 Å². The molecule has 178 valence electrons. The predicted molar refractivity (Wildman–Crippen MR) is 132 cm³/mol. The van der Waals surface area contributed by atoms with Crippen LogP contribution in [0.25, 0.3) is 5.76 Å². The molecule has 7 nitrogen and oxygen atoms in total. The number of benzene rings is 2. The van der Waals surface area contributed by atoms with Crippen LogP contribution in [0.4, 0.5) is 0 Å². The number of carbonyl (C=O) groups is 2. The molecule has 35 heavy (non-hydrogen) atoms. The maximum absolute atomic E-state index is 13.2. The number of ketones is 1. The highest BCUT2D eigenvalue weighted by Crippen LogP contribution is 2.41. The number of Topliss-reactive ketones (excluding diaryl/α,β-unsaturated/α-hetero) is 1. The van der Waals surface area contributed by atoms with Crippen molar-refractivity contribution in [3.8, 4) is 11.5 Å². The Morgan fingerprint density at radius 1 is 1.09 bits per heavy atom. The molecule has 1 N–H and O–H groups in total. The molecule has 0 radical (unpaired) electrons. The van der Waals surface area contributed by atoms with Crippen molar-refractivity contribution in [3.63, 3.8) is 0 Å². The Labute approximate surface area is 203 Å². The van der Waals surface area contributed by atoms with Gasteiger partial charge in [0.25, 0.3) is 11.7 Å². The zero-order chi connectivity index (χ0) is 24.8. The van der Waals surface area contributed by atoms with Gasteiger partial charge in [0.15, 0.2) is 0 Å². The summed E-state index contributed by atoms with van der Waals surface area (Å²) in [6, 6.07) is 16.7. The van der Waals surface area contributed by atoms with Crippen LogP contribution in [0.15, 0.2) is 91.3 Å². The number of ether oxygens (including phenoxy) is 2. The highest BCUT2D eigenvalue weighted by Gasteiger charge is 2.46. The fourth-order valence-electron chi connectivity index (χ4n) is 4.04. The number of hydrogen-bond donors (Lipinski definition) is 1. The number of likely N-dealkylation sites (tertiary alicyclic amines) is 1. The summed E-state index contributed by atoms with van der Waals surface area (Å²) in [7, 11) is 0. The van der Waals surface area contributed by atoms with Crippen molar-refractivity contribution < 1.29 is 24.2 Å². The second kappa shape index (κ2) is 10.7. The highest BCUT2D eigenvalue weighted by molar-refractivity contribution is 6.46. The summed E-state index contributed by atoms with van der Waals surface area (Å²) in [6.07, 6.45) is 4.92. The minimum Gasteiger partial charge on any atom is -0.507 e. The van der Waals surface area contributed by atoms with Crippen LogP contribution in [0.1, 0.15) is 29.7 Å². The SMILES string of the molecule is C=CCOc1cccc(C2C(=C(O)c3ccc(OCC)cc3)C(=O)C(=O)N2Cc2cccnc2)c1. The van der Waals surface area contributed by atoms with Crippen molar-refractivity contribution in [1.29, 1.82) is 0 Å². The second-order valence-corrected chi connectivity index (χ2v) is 7.92. The van der Waals surface area contributed by atoms with E-state index in [1.54, 1.807) is 73.1 Å². The molecular formula is C28H26N2O5. The third-order valence-electron chi connectivity index (χ3n) is 5.60. The predicted octanol–water partition coefficient (Wildman–Crippen LogP) is 4.67. The Morgan fingerprint density at radius 3 is 2.57 bits per heavy atom. The molecule has 0 spiro atoms. The second-order valence-electron chi connectivity index (χ2n) is 7.92. The Bertz CT molecular complexity index is 1250. The fraction of sp³-hybridized carbons (Fsp3) is 0.179. The number of nitrogens with zero attached hydrogens (tertiary/aromatic N) is 2. The molecule has 4 rings (SSSR count). The quantitative estimate of drug-likeness (QED) is 0.212. The van der Waals surface area contributed by atoms with Gasteiger partial charge in [0.05, 0.1) is 18.2 Å². The van der Waals surface area contributed by atoms with Crippen molar-refractivity contribution in [2.75, 3.05) is 13.2 Å². The van der Waals surface area contributed by atoms with Crippen LogP contribution >= 0.6 is 0 Å². The number of aliphatic hydroxyl groups is 1. The average molecular weight is 471 g/mol. The van der Waals surface area contributed by atoms with Gasteiger partial charge < -0.3 is 19.5 Å². The molecule has 7 heteroatoms. The molecule has 1 fully saturated rings. The molecule has 2 heterocycles. The monoisotopic (exact) mass is 470 g/mol. The Balaban J connectivity index is 1.81. The Morgan fingerprint density at radius 2 is 1.89 bits per heavy atom. The van der Waals surface area contributed by atoms with E-state index in [0.717, 1.165) is 5.56 Å². The van der Waals surface area contributed by atoms with Gasteiger partial charge in [0.2, 0.25) is 0 Å². The van der Waals surface area contributed by atoms with Gasteiger partial charge in [-0.05, 0) is 60.5 Å². The molecule has 0 saturated carbocycles. The Kier molecular flexibility index (Phi) is 7.26. The maximum Gasteiger partial charge on any atom is 0.295 e. The first kappa shape index (κ1) is 23.8. The summed E-state index contributed by atoms with van der Waals surface area (Å²) in [5, 5.41) is 11.2. The van der Waals surface area contributed by atoms with Gasteiger partial charge in [0.1, 0.15) is 23.9 Å². The summed E-state index contributed by atoms with van der Waals surface area (Å²) in [6.45, 7) is 6.52. The lowest BCUT2D eigenvalue weighted by molar-refractivity contribution is -0.140. The third kappa shape index (κ3) is 5.09. The van der Waals surface area contributed by atoms with E-state index in [9.17, 15) is 14.7 Å². The van der Waals surface area contributed by atoms with Crippen LogP contribution in [0, 0.1) is 0 Å². The van der Waals surface area contributed by atoms with Gasteiger partial charge in [-0.25, -0.2) is 0 Å². The van der Waals surface area contributed by atoms with Crippen molar-refractivity contribution in [3.05, 3.63) is 108 Å². The molecule has 2 aromatic carbocycles. The van der Waals surface area contributed by atoms with Crippen LogP contribution in [-0.2, 0) is 16.1 Å². The average Bonchev–Trinajstić information content (AvgIpc) is 3.13. The molecule has 1 aromatic heterocycles. The molecule has 0 bridgehead atoms. The van der Waals surface area contributed by atoms with E-state index in [4.69, 9.17) is 9.47 Å². The number of rotatable bonds is 9. The third-order valence-corrected chi connectivity index (χ3v) is 5.60. The van der Waals surface area contributed by atoms with Crippen LogP contribution in [-0.4, -0.2) is 39.9 Å². The van der Waals surface area contributed by atoms with Crippen LogP contribution in [0.5, 0.6) is 11.5 Å². The number of hydrogen-bond acceptors (Lipinski definition) is 6. The number of aromatic nitrogens is 1. The van der Waals surface area contributed by atoms with Crippen molar-refractivity contribution in [2.45, 2.75) is 19.5 Å². The Hall–Kier alpha value is -4.39. The zero-order valence-corrected chi connectivity index (χ0v) is 19.4. The molecule has 1 aliphatic rings. The van der Waals surface area contributed by atoms with Gasteiger partial charge in [-0.15, -0.1) is 0 Å². The molecule has 1 aliphatic heterocycles. The van der Waals surface area contributed by atoms with Crippen molar-refractivity contribution >= 4 is 17.4 Å². The van der Waals surface area contributed by atoms with E-state index in [2.05, 4.69) is 11.6 Å². The van der Waals surface area contributed by atoms with Gasteiger partial charge in [-0.1, -0.05) is 30.9 Å². The van der Waals surface area contributed by atoms with E-state index < -0.39 is 17.7 Å². The standard InChI is InChI=1S/C28H26N2O5/c1-3-15-35-23-9-5-8-21(16-23)25-24(26(31)20-10-12-22(13-11-20)34-4-2)27(32)28(33)30(25)18-19-7-6-14-29-17-19/h3,5-14,16-17,25,31H,1,4,15,18H2,2H3.